The third kappa shape index (κ3) is 17.1. The lowest BCUT2D eigenvalue weighted by Crippen LogP contribution is -2.41. The van der Waals surface area contributed by atoms with E-state index in [-0.39, 0.29) is 30.4 Å². The van der Waals surface area contributed by atoms with Crippen molar-refractivity contribution < 1.29 is 38.1 Å². The fourth-order valence-corrected chi connectivity index (χ4v) is 6.06. The van der Waals surface area contributed by atoms with E-state index < -0.39 is 29.4 Å². The second kappa shape index (κ2) is 22.1. The maximum absolute atomic E-state index is 12.3. The molecule has 0 saturated heterocycles. The Morgan fingerprint density at radius 1 is 0.569 bits per heavy atom. The van der Waals surface area contributed by atoms with Crippen LogP contribution in [0.25, 0.3) is 22.3 Å². The Morgan fingerprint density at radius 3 is 1.33 bits per heavy atom. The first-order valence-electron chi connectivity index (χ1n) is 19.5. The van der Waals surface area contributed by atoms with Crippen LogP contribution in [-0.2, 0) is 41.4 Å². The third-order valence-corrected chi connectivity index (χ3v) is 8.74. The second-order valence-electron chi connectivity index (χ2n) is 16.2. The first-order chi connectivity index (χ1) is 27.3. The summed E-state index contributed by atoms with van der Waals surface area (Å²) in [6, 6.07) is 36.0. The lowest BCUT2D eigenvalue weighted by molar-refractivity contribution is -0.145. The van der Waals surface area contributed by atoms with Crippen LogP contribution in [0.3, 0.4) is 0 Å². The van der Waals surface area contributed by atoms with Crippen molar-refractivity contribution in [3.8, 4) is 22.3 Å². The van der Waals surface area contributed by atoms with Crippen LogP contribution in [0, 0.1) is 5.92 Å². The number of carbonyl (C=O) groups excluding carboxylic acids is 4. The number of amides is 2. The molecule has 3 unspecified atom stereocenters. The summed E-state index contributed by atoms with van der Waals surface area (Å²) in [6.45, 7) is 16.4. The number of methoxy groups -OCH3 is 2. The number of carbonyl (C=O) groups is 4. The van der Waals surface area contributed by atoms with Gasteiger partial charge in [0.1, 0.15) is 11.2 Å². The summed E-state index contributed by atoms with van der Waals surface area (Å²) in [6.07, 6.45) is 0.847. The average molecular weight is 793 g/mol. The van der Waals surface area contributed by atoms with Crippen molar-refractivity contribution >= 4 is 24.1 Å². The smallest absolute Gasteiger partial charge is 0.407 e. The predicted molar refractivity (Wildman–Crippen MR) is 229 cm³/mol. The molecular weight excluding hydrogens is 733 g/mol. The number of rotatable bonds is 14. The first-order valence-corrected chi connectivity index (χ1v) is 19.5. The van der Waals surface area contributed by atoms with Gasteiger partial charge in [-0.25, -0.2) is 14.4 Å². The van der Waals surface area contributed by atoms with Gasteiger partial charge in [-0.05, 0) is 101 Å². The molecule has 3 atom stereocenters. The Hall–Kier alpha value is -5.90. The van der Waals surface area contributed by atoms with Crippen molar-refractivity contribution in [2.45, 2.75) is 97.4 Å². The minimum atomic E-state index is -0.606. The average Bonchev–Trinajstić information content (AvgIpc) is 3.17. The summed E-state index contributed by atoms with van der Waals surface area (Å²) in [4.78, 5) is 48.1. The Balaban J connectivity index is 0.000000310. The molecule has 0 aliphatic heterocycles. The highest BCUT2D eigenvalue weighted by molar-refractivity contribution is 5.87. The van der Waals surface area contributed by atoms with Gasteiger partial charge < -0.3 is 29.6 Å². The molecule has 0 aliphatic rings. The Bertz CT molecular complexity index is 1910. The number of nitrogens with one attached hydrogen (secondary N) is 2. The largest absolute Gasteiger partial charge is 0.469 e. The van der Waals surface area contributed by atoms with Gasteiger partial charge in [-0.3, -0.25) is 4.79 Å². The molecular formula is C48H60N2O8. The van der Waals surface area contributed by atoms with Gasteiger partial charge in [0, 0.05) is 17.7 Å². The van der Waals surface area contributed by atoms with Crippen LogP contribution in [0.5, 0.6) is 0 Å². The number of hydrogen-bond donors (Lipinski definition) is 2. The van der Waals surface area contributed by atoms with Gasteiger partial charge in [-0.1, -0.05) is 123 Å². The van der Waals surface area contributed by atoms with Crippen molar-refractivity contribution in [2.24, 2.45) is 5.92 Å². The van der Waals surface area contributed by atoms with Crippen LogP contribution in [-0.4, -0.2) is 61.6 Å². The van der Waals surface area contributed by atoms with E-state index in [1.165, 1.54) is 14.2 Å². The molecule has 0 radical (unpaired) electrons. The van der Waals surface area contributed by atoms with E-state index in [0.717, 1.165) is 33.4 Å². The fraction of sp³-hybridized carbons (Fsp3) is 0.375. The van der Waals surface area contributed by atoms with Crippen molar-refractivity contribution in [1.29, 1.82) is 0 Å². The monoisotopic (exact) mass is 792 g/mol. The lowest BCUT2D eigenvalue weighted by atomic mass is 9.95. The van der Waals surface area contributed by atoms with Crippen molar-refractivity contribution in [3.05, 3.63) is 132 Å². The molecule has 310 valence electrons. The highest BCUT2D eigenvalue weighted by Gasteiger charge is 2.25. The summed E-state index contributed by atoms with van der Waals surface area (Å²) in [7, 11) is 2.68. The predicted octanol–water partition coefficient (Wildman–Crippen LogP) is 9.90. The molecule has 2 N–H and O–H groups in total. The van der Waals surface area contributed by atoms with E-state index in [1.807, 2.05) is 81.4 Å². The molecule has 0 spiro atoms. The van der Waals surface area contributed by atoms with Crippen molar-refractivity contribution in [2.75, 3.05) is 14.2 Å². The van der Waals surface area contributed by atoms with Crippen LogP contribution in [0.2, 0.25) is 0 Å². The lowest BCUT2D eigenvalue weighted by Gasteiger charge is -2.25. The van der Waals surface area contributed by atoms with Crippen LogP contribution >= 0.6 is 0 Å². The van der Waals surface area contributed by atoms with Crippen LogP contribution in [0.4, 0.5) is 9.59 Å². The molecule has 0 aromatic heterocycles. The SMILES string of the molecule is C=C(CC(Cc1ccc(-c2ccccc2)cc1)NC(=O)OC(C)(C)C)C(=O)OC.COC(=O)C(C)CC(Cc1ccc(-c2ccccc2)cc1)NC(=O)OC(C)(C)C. The number of esters is 2. The number of hydrogen-bond acceptors (Lipinski definition) is 8. The number of ether oxygens (including phenoxy) is 4. The standard InChI is InChI=1S/C24H31NO4.C24H29NO4/c2*1-17(22(26)28-5)15-21(25-23(27)29-24(2,3)4)16-18-11-13-20(14-12-18)19-9-7-6-8-10-19/h6-14,17,21H,15-16H2,1-5H3,(H,25,27);6-14,21H,1,15-16H2,2-5H3,(H,25,27). The molecule has 0 fully saturated rings. The minimum absolute atomic E-state index is 0.249. The minimum Gasteiger partial charge on any atom is -0.469 e. The van der Waals surface area contributed by atoms with Crippen molar-refractivity contribution in [3.63, 3.8) is 0 Å². The second-order valence-corrected chi connectivity index (χ2v) is 16.2. The van der Waals surface area contributed by atoms with Gasteiger partial charge in [-0.15, -0.1) is 0 Å². The molecule has 0 saturated carbocycles. The highest BCUT2D eigenvalue weighted by atomic mass is 16.6. The maximum Gasteiger partial charge on any atom is 0.407 e. The van der Waals surface area contributed by atoms with E-state index in [4.69, 9.17) is 18.9 Å². The summed E-state index contributed by atoms with van der Waals surface area (Å²) in [5, 5.41) is 5.76. The van der Waals surface area contributed by atoms with Gasteiger partial charge in [0.05, 0.1) is 20.1 Å². The van der Waals surface area contributed by atoms with Gasteiger partial charge in [0.25, 0.3) is 0 Å². The molecule has 4 aromatic rings. The molecule has 4 rings (SSSR count). The van der Waals surface area contributed by atoms with Crippen molar-refractivity contribution in [1.82, 2.24) is 10.6 Å². The Kier molecular flexibility index (Phi) is 17.7. The summed E-state index contributed by atoms with van der Waals surface area (Å²) in [5.41, 5.74) is 5.76. The first kappa shape index (κ1) is 46.5. The zero-order valence-corrected chi connectivity index (χ0v) is 35.4. The van der Waals surface area contributed by atoms with Gasteiger partial charge in [-0.2, -0.15) is 0 Å². The van der Waals surface area contributed by atoms with Crippen LogP contribution < -0.4 is 10.6 Å². The summed E-state index contributed by atoms with van der Waals surface area (Å²) < 4.78 is 20.3. The highest BCUT2D eigenvalue weighted by Crippen LogP contribution is 2.23. The fourth-order valence-electron chi connectivity index (χ4n) is 6.06. The van der Waals surface area contributed by atoms with E-state index >= 15 is 0 Å². The molecule has 58 heavy (non-hydrogen) atoms. The van der Waals surface area contributed by atoms with Gasteiger partial charge in [0.15, 0.2) is 0 Å². The molecule has 0 bridgehead atoms. The molecule has 2 amide bonds. The van der Waals surface area contributed by atoms with Crippen LogP contribution in [0.1, 0.15) is 72.4 Å². The zero-order chi connectivity index (χ0) is 42.9. The Morgan fingerprint density at radius 2 is 0.948 bits per heavy atom. The zero-order valence-electron chi connectivity index (χ0n) is 35.4. The molecule has 0 aliphatic carbocycles. The topological polar surface area (TPSA) is 129 Å². The molecule has 10 heteroatoms. The van der Waals surface area contributed by atoms with Gasteiger partial charge in [0.2, 0.25) is 0 Å². The van der Waals surface area contributed by atoms with Crippen LogP contribution in [0.15, 0.2) is 121 Å². The van der Waals surface area contributed by atoms with E-state index in [2.05, 4.69) is 65.7 Å². The molecule has 10 nitrogen and oxygen atoms in total. The van der Waals surface area contributed by atoms with E-state index in [1.54, 1.807) is 27.7 Å². The summed E-state index contributed by atoms with van der Waals surface area (Å²) >= 11 is 0. The molecule has 0 heterocycles. The van der Waals surface area contributed by atoms with E-state index in [0.29, 0.717) is 24.8 Å². The number of alkyl carbamates (subject to hydrolysis) is 2. The maximum atomic E-state index is 12.3. The number of benzene rings is 4. The van der Waals surface area contributed by atoms with E-state index in [9.17, 15) is 19.2 Å². The molecule has 4 aromatic carbocycles. The summed E-state index contributed by atoms with van der Waals surface area (Å²) in [5.74, 6) is -1.11. The Labute approximate surface area is 344 Å². The normalized spacial score (nSPS) is 12.6. The third-order valence-electron chi connectivity index (χ3n) is 8.74. The van der Waals surface area contributed by atoms with Gasteiger partial charge >= 0.3 is 24.1 Å². The quantitative estimate of drug-likeness (QED) is 0.0734.